The summed E-state index contributed by atoms with van der Waals surface area (Å²) in [7, 11) is 0. The molecule has 0 bridgehead atoms. The van der Waals surface area contributed by atoms with E-state index in [1.54, 1.807) is 31.2 Å². The molecular weight excluding hydrogens is 214 g/mol. The number of nitro groups is 1. The standard InChI is InChI=1S/C14H13NO2/c1-14(15(16)17,12-8-4-2-5-9-12)13-10-6-3-7-11-13/h2-11H,1H3. The van der Waals surface area contributed by atoms with E-state index in [-0.39, 0.29) is 4.92 Å². The minimum absolute atomic E-state index is 0.238. The van der Waals surface area contributed by atoms with Crippen LogP contribution in [0.25, 0.3) is 0 Å². The quantitative estimate of drug-likeness (QED) is 0.596. The van der Waals surface area contributed by atoms with Gasteiger partial charge in [-0.3, -0.25) is 10.1 Å². The molecule has 0 unspecified atom stereocenters. The number of benzene rings is 2. The molecule has 0 heterocycles. The highest BCUT2D eigenvalue weighted by Gasteiger charge is 2.41. The Morgan fingerprint density at radius 2 is 1.24 bits per heavy atom. The molecule has 86 valence electrons. The number of hydrogen-bond donors (Lipinski definition) is 0. The Hall–Kier alpha value is -2.16. The van der Waals surface area contributed by atoms with Crippen molar-refractivity contribution < 1.29 is 4.92 Å². The molecule has 2 aromatic carbocycles. The molecule has 3 nitrogen and oxygen atoms in total. The maximum Gasteiger partial charge on any atom is 0.269 e. The third-order valence-electron chi connectivity index (χ3n) is 3.04. The number of hydrogen-bond acceptors (Lipinski definition) is 2. The van der Waals surface area contributed by atoms with Crippen LogP contribution in [0.4, 0.5) is 0 Å². The average molecular weight is 227 g/mol. The molecule has 0 radical (unpaired) electrons. The summed E-state index contributed by atoms with van der Waals surface area (Å²) in [5.74, 6) is 0. The Kier molecular flexibility index (Phi) is 2.91. The fraction of sp³-hybridized carbons (Fsp3) is 0.143. The maximum atomic E-state index is 11.4. The first-order valence-electron chi connectivity index (χ1n) is 5.41. The fourth-order valence-electron chi connectivity index (χ4n) is 1.90. The summed E-state index contributed by atoms with van der Waals surface area (Å²) in [6, 6.07) is 18.1. The van der Waals surface area contributed by atoms with Crippen molar-refractivity contribution >= 4 is 0 Å². The molecule has 0 amide bonds. The van der Waals surface area contributed by atoms with Gasteiger partial charge in [0, 0.05) is 23.0 Å². The highest BCUT2D eigenvalue weighted by molar-refractivity contribution is 5.34. The van der Waals surface area contributed by atoms with Gasteiger partial charge in [-0.15, -0.1) is 0 Å². The van der Waals surface area contributed by atoms with Crippen LogP contribution in [0.2, 0.25) is 0 Å². The maximum absolute atomic E-state index is 11.4. The van der Waals surface area contributed by atoms with Crippen molar-refractivity contribution in [3.05, 3.63) is 81.9 Å². The minimum Gasteiger partial charge on any atom is -0.263 e. The lowest BCUT2D eigenvalue weighted by molar-refractivity contribution is -0.561. The van der Waals surface area contributed by atoms with Crippen LogP contribution in [0.15, 0.2) is 60.7 Å². The largest absolute Gasteiger partial charge is 0.269 e. The predicted octanol–water partition coefficient (Wildman–Crippen LogP) is 3.23. The zero-order chi connectivity index (χ0) is 12.3. The van der Waals surface area contributed by atoms with E-state index >= 15 is 0 Å². The van der Waals surface area contributed by atoms with E-state index in [0.29, 0.717) is 11.1 Å². The Bertz CT molecular complexity index is 469. The van der Waals surface area contributed by atoms with Gasteiger partial charge in [-0.1, -0.05) is 60.7 Å². The van der Waals surface area contributed by atoms with Gasteiger partial charge in [-0.05, 0) is 0 Å². The summed E-state index contributed by atoms with van der Waals surface area (Å²) in [5, 5.41) is 11.4. The summed E-state index contributed by atoms with van der Waals surface area (Å²) < 4.78 is 0. The van der Waals surface area contributed by atoms with Gasteiger partial charge in [0.25, 0.3) is 5.54 Å². The van der Waals surface area contributed by atoms with Gasteiger partial charge in [-0.25, -0.2) is 0 Å². The van der Waals surface area contributed by atoms with Crippen molar-refractivity contribution in [1.29, 1.82) is 0 Å². The summed E-state index contributed by atoms with van der Waals surface area (Å²) in [6.07, 6.45) is 0. The number of rotatable bonds is 3. The van der Waals surface area contributed by atoms with Crippen molar-refractivity contribution in [2.45, 2.75) is 12.5 Å². The van der Waals surface area contributed by atoms with Crippen LogP contribution < -0.4 is 0 Å². The van der Waals surface area contributed by atoms with E-state index in [1.165, 1.54) is 0 Å². The second kappa shape index (κ2) is 4.37. The molecule has 0 atom stereocenters. The van der Waals surface area contributed by atoms with Crippen molar-refractivity contribution in [3.8, 4) is 0 Å². The lowest BCUT2D eigenvalue weighted by Gasteiger charge is -2.21. The molecule has 2 rings (SSSR count). The monoisotopic (exact) mass is 227 g/mol. The Balaban J connectivity index is 2.59. The lowest BCUT2D eigenvalue weighted by Crippen LogP contribution is -2.33. The van der Waals surface area contributed by atoms with Gasteiger partial charge in [-0.2, -0.15) is 0 Å². The second-order valence-corrected chi connectivity index (χ2v) is 4.06. The van der Waals surface area contributed by atoms with Gasteiger partial charge in [0.05, 0.1) is 0 Å². The molecule has 0 aliphatic rings. The highest BCUT2D eigenvalue weighted by Crippen LogP contribution is 2.31. The first-order valence-corrected chi connectivity index (χ1v) is 5.41. The van der Waals surface area contributed by atoms with E-state index in [9.17, 15) is 10.1 Å². The zero-order valence-corrected chi connectivity index (χ0v) is 9.54. The Morgan fingerprint density at radius 1 is 0.882 bits per heavy atom. The van der Waals surface area contributed by atoms with Gasteiger partial charge >= 0.3 is 0 Å². The Labute approximate surface area is 99.9 Å². The normalized spacial score (nSPS) is 11.1. The lowest BCUT2D eigenvalue weighted by atomic mass is 9.85. The van der Waals surface area contributed by atoms with Crippen LogP contribution in [0.3, 0.4) is 0 Å². The van der Waals surface area contributed by atoms with E-state index in [4.69, 9.17) is 0 Å². The molecule has 0 N–H and O–H groups in total. The fourth-order valence-corrected chi connectivity index (χ4v) is 1.90. The van der Waals surface area contributed by atoms with Crippen molar-refractivity contribution in [3.63, 3.8) is 0 Å². The van der Waals surface area contributed by atoms with Crippen molar-refractivity contribution in [2.75, 3.05) is 0 Å². The summed E-state index contributed by atoms with van der Waals surface area (Å²) >= 11 is 0. The highest BCUT2D eigenvalue weighted by atomic mass is 16.6. The van der Waals surface area contributed by atoms with Crippen LogP contribution in [-0.2, 0) is 5.54 Å². The molecule has 0 aliphatic heterocycles. The molecular formula is C14H13NO2. The smallest absolute Gasteiger partial charge is 0.263 e. The third-order valence-corrected chi connectivity index (χ3v) is 3.04. The molecule has 0 aromatic heterocycles. The van der Waals surface area contributed by atoms with E-state index in [0.717, 1.165) is 0 Å². The molecule has 0 aliphatic carbocycles. The van der Waals surface area contributed by atoms with Crippen molar-refractivity contribution in [2.24, 2.45) is 0 Å². The molecule has 2 aromatic rings. The predicted molar refractivity (Wildman–Crippen MR) is 66.3 cm³/mol. The Morgan fingerprint density at radius 3 is 1.53 bits per heavy atom. The SMILES string of the molecule is CC(c1ccccc1)(c1ccccc1)[N+](=O)[O-]. The summed E-state index contributed by atoms with van der Waals surface area (Å²) in [5.41, 5.74) is 0.190. The zero-order valence-electron chi connectivity index (χ0n) is 9.54. The van der Waals surface area contributed by atoms with E-state index < -0.39 is 5.54 Å². The van der Waals surface area contributed by atoms with Crippen LogP contribution in [-0.4, -0.2) is 4.92 Å². The van der Waals surface area contributed by atoms with Crippen LogP contribution in [0.5, 0.6) is 0 Å². The summed E-state index contributed by atoms with van der Waals surface area (Å²) in [4.78, 5) is 11.2. The van der Waals surface area contributed by atoms with Crippen LogP contribution in [0, 0.1) is 10.1 Å². The molecule has 0 saturated heterocycles. The topological polar surface area (TPSA) is 43.1 Å². The van der Waals surface area contributed by atoms with Gasteiger partial charge in [0.15, 0.2) is 0 Å². The van der Waals surface area contributed by atoms with Gasteiger partial charge in [0.2, 0.25) is 0 Å². The van der Waals surface area contributed by atoms with Gasteiger partial charge < -0.3 is 0 Å². The van der Waals surface area contributed by atoms with E-state index in [2.05, 4.69) is 0 Å². The van der Waals surface area contributed by atoms with Crippen LogP contribution >= 0.6 is 0 Å². The molecule has 0 spiro atoms. The van der Waals surface area contributed by atoms with Crippen LogP contribution in [0.1, 0.15) is 18.1 Å². The molecule has 17 heavy (non-hydrogen) atoms. The van der Waals surface area contributed by atoms with E-state index in [1.807, 2.05) is 36.4 Å². The number of nitrogens with zero attached hydrogens (tertiary/aromatic N) is 1. The first-order chi connectivity index (χ1) is 8.15. The summed E-state index contributed by atoms with van der Waals surface area (Å²) in [6.45, 7) is 1.64. The molecule has 0 saturated carbocycles. The van der Waals surface area contributed by atoms with Gasteiger partial charge in [0.1, 0.15) is 0 Å². The second-order valence-electron chi connectivity index (χ2n) is 4.06. The first kappa shape index (κ1) is 11.3. The molecule has 0 fully saturated rings. The average Bonchev–Trinajstić information content (AvgIpc) is 2.39. The minimum atomic E-state index is -1.19. The third kappa shape index (κ3) is 1.91. The molecule has 3 heteroatoms. The van der Waals surface area contributed by atoms with Crippen molar-refractivity contribution in [1.82, 2.24) is 0 Å².